The Morgan fingerprint density at radius 3 is 2.60 bits per heavy atom. The van der Waals surface area contributed by atoms with E-state index in [1.54, 1.807) is 30.4 Å². The average molecular weight is 280 g/mol. The van der Waals surface area contributed by atoms with Gasteiger partial charge in [-0.3, -0.25) is 4.79 Å². The van der Waals surface area contributed by atoms with Gasteiger partial charge in [0.1, 0.15) is 6.04 Å². The van der Waals surface area contributed by atoms with Crippen LogP contribution in [0.25, 0.3) is 0 Å². The SMILES string of the molecule is CCCC[C@H](NC(=O)CN(C)c1ncccn1)C(=O)O. The first-order valence-corrected chi connectivity index (χ1v) is 6.55. The molecule has 0 unspecified atom stereocenters. The van der Waals surface area contributed by atoms with Crippen LogP contribution in [0.4, 0.5) is 5.95 Å². The lowest BCUT2D eigenvalue weighted by atomic mass is 10.1. The van der Waals surface area contributed by atoms with Gasteiger partial charge < -0.3 is 15.3 Å². The predicted octanol–water partition coefficient (Wildman–Crippen LogP) is 0.672. The van der Waals surface area contributed by atoms with Gasteiger partial charge in [-0.1, -0.05) is 19.8 Å². The van der Waals surface area contributed by atoms with Crippen LogP contribution in [-0.4, -0.2) is 46.6 Å². The number of nitrogens with one attached hydrogen (secondary N) is 1. The normalized spacial score (nSPS) is 11.7. The van der Waals surface area contributed by atoms with Crippen LogP contribution in [0.1, 0.15) is 26.2 Å². The topological polar surface area (TPSA) is 95.4 Å². The molecular formula is C13H20N4O3. The molecular weight excluding hydrogens is 260 g/mol. The Kier molecular flexibility index (Phi) is 6.42. The van der Waals surface area contributed by atoms with Gasteiger partial charge >= 0.3 is 5.97 Å². The zero-order chi connectivity index (χ0) is 15.0. The Morgan fingerprint density at radius 2 is 2.05 bits per heavy atom. The Bertz CT molecular complexity index is 439. The summed E-state index contributed by atoms with van der Waals surface area (Å²) < 4.78 is 0. The number of hydrogen-bond donors (Lipinski definition) is 2. The fourth-order valence-corrected chi connectivity index (χ4v) is 1.68. The van der Waals surface area contributed by atoms with Gasteiger partial charge in [0.15, 0.2) is 0 Å². The van der Waals surface area contributed by atoms with Crippen LogP contribution in [0.3, 0.4) is 0 Å². The third kappa shape index (κ3) is 5.21. The van der Waals surface area contributed by atoms with Crippen molar-refractivity contribution in [2.45, 2.75) is 32.2 Å². The largest absolute Gasteiger partial charge is 0.480 e. The van der Waals surface area contributed by atoms with Gasteiger partial charge in [-0.05, 0) is 12.5 Å². The van der Waals surface area contributed by atoms with Crippen molar-refractivity contribution in [3.05, 3.63) is 18.5 Å². The van der Waals surface area contributed by atoms with Crippen molar-refractivity contribution in [3.8, 4) is 0 Å². The summed E-state index contributed by atoms with van der Waals surface area (Å²) in [6.45, 7) is 1.99. The number of anilines is 1. The van der Waals surface area contributed by atoms with E-state index in [0.717, 1.165) is 12.8 Å². The highest BCUT2D eigenvalue weighted by molar-refractivity contribution is 5.86. The number of rotatable bonds is 8. The first-order chi connectivity index (χ1) is 9.54. The van der Waals surface area contributed by atoms with Gasteiger partial charge in [-0.15, -0.1) is 0 Å². The molecule has 0 aliphatic rings. The number of carbonyl (C=O) groups excluding carboxylic acids is 1. The number of nitrogens with zero attached hydrogens (tertiary/aromatic N) is 3. The highest BCUT2D eigenvalue weighted by atomic mass is 16.4. The Labute approximate surface area is 118 Å². The van der Waals surface area contributed by atoms with Gasteiger partial charge in [0.2, 0.25) is 11.9 Å². The second kappa shape index (κ2) is 8.08. The molecule has 1 aromatic rings. The molecule has 0 radical (unpaired) electrons. The zero-order valence-corrected chi connectivity index (χ0v) is 11.7. The predicted molar refractivity (Wildman–Crippen MR) is 74.4 cm³/mol. The van der Waals surface area contributed by atoms with Crippen molar-refractivity contribution < 1.29 is 14.7 Å². The van der Waals surface area contributed by atoms with Crippen molar-refractivity contribution in [1.82, 2.24) is 15.3 Å². The number of carbonyl (C=O) groups is 2. The molecule has 1 aromatic heterocycles. The van der Waals surface area contributed by atoms with Crippen LogP contribution in [-0.2, 0) is 9.59 Å². The third-order valence-corrected chi connectivity index (χ3v) is 2.75. The van der Waals surface area contributed by atoms with Crippen LogP contribution in [0.5, 0.6) is 0 Å². The van der Waals surface area contributed by atoms with Gasteiger partial charge in [-0.2, -0.15) is 0 Å². The van der Waals surface area contributed by atoms with E-state index >= 15 is 0 Å². The number of hydrogen-bond acceptors (Lipinski definition) is 5. The third-order valence-electron chi connectivity index (χ3n) is 2.75. The van der Waals surface area contributed by atoms with Gasteiger partial charge in [0.05, 0.1) is 6.54 Å². The molecule has 0 aromatic carbocycles. The summed E-state index contributed by atoms with van der Waals surface area (Å²) in [5.41, 5.74) is 0. The molecule has 0 fully saturated rings. The summed E-state index contributed by atoms with van der Waals surface area (Å²) in [4.78, 5) is 32.5. The molecule has 0 bridgehead atoms. The van der Waals surface area contributed by atoms with Gasteiger partial charge in [-0.25, -0.2) is 14.8 Å². The van der Waals surface area contributed by atoms with E-state index in [1.165, 1.54) is 0 Å². The van der Waals surface area contributed by atoms with E-state index in [2.05, 4.69) is 15.3 Å². The van der Waals surface area contributed by atoms with Crippen molar-refractivity contribution in [2.75, 3.05) is 18.5 Å². The molecule has 7 heteroatoms. The first kappa shape index (κ1) is 15.9. The van der Waals surface area contributed by atoms with Crippen molar-refractivity contribution in [3.63, 3.8) is 0 Å². The molecule has 1 rings (SSSR count). The maximum atomic E-state index is 11.8. The smallest absolute Gasteiger partial charge is 0.326 e. The number of aliphatic carboxylic acids is 1. The number of likely N-dealkylation sites (N-methyl/N-ethyl adjacent to an activating group) is 1. The molecule has 110 valence electrons. The van der Waals surface area contributed by atoms with Gasteiger partial charge in [0, 0.05) is 19.4 Å². The van der Waals surface area contributed by atoms with E-state index < -0.39 is 12.0 Å². The molecule has 0 aliphatic carbocycles. The molecule has 0 saturated carbocycles. The number of unbranched alkanes of at least 4 members (excludes halogenated alkanes) is 1. The summed E-state index contributed by atoms with van der Waals surface area (Å²) >= 11 is 0. The van der Waals surface area contributed by atoms with Crippen molar-refractivity contribution in [1.29, 1.82) is 0 Å². The minimum absolute atomic E-state index is 0.0138. The lowest BCUT2D eigenvalue weighted by molar-refractivity contribution is -0.141. The Hall–Kier alpha value is -2.18. The summed E-state index contributed by atoms with van der Waals surface area (Å²) in [6.07, 6.45) is 5.24. The standard InChI is InChI=1S/C13H20N4O3/c1-3-4-6-10(12(19)20)16-11(18)9-17(2)13-14-7-5-8-15-13/h5,7-8,10H,3-4,6,9H2,1-2H3,(H,16,18)(H,19,20)/t10-/m0/s1. The van der Waals surface area contributed by atoms with Crippen LogP contribution in [0, 0.1) is 0 Å². The van der Waals surface area contributed by atoms with E-state index in [1.807, 2.05) is 6.92 Å². The van der Waals surface area contributed by atoms with E-state index in [0.29, 0.717) is 12.4 Å². The second-order valence-electron chi connectivity index (χ2n) is 4.51. The average Bonchev–Trinajstić information content (AvgIpc) is 2.44. The second-order valence-corrected chi connectivity index (χ2v) is 4.51. The molecule has 1 amide bonds. The molecule has 0 saturated heterocycles. The van der Waals surface area contributed by atoms with Crippen molar-refractivity contribution in [2.24, 2.45) is 0 Å². The Balaban J connectivity index is 2.51. The highest BCUT2D eigenvalue weighted by Crippen LogP contribution is 2.03. The maximum Gasteiger partial charge on any atom is 0.326 e. The van der Waals surface area contributed by atoms with Crippen LogP contribution in [0.15, 0.2) is 18.5 Å². The lowest BCUT2D eigenvalue weighted by Gasteiger charge is -2.19. The summed E-state index contributed by atoms with van der Waals surface area (Å²) in [6, 6.07) is 0.843. The number of carboxylic acids is 1. The van der Waals surface area contributed by atoms with E-state index in [4.69, 9.17) is 5.11 Å². The summed E-state index contributed by atoms with van der Waals surface area (Å²) in [5.74, 6) is -0.947. The van der Waals surface area contributed by atoms with Gasteiger partial charge in [0.25, 0.3) is 0 Å². The lowest BCUT2D eigenvalue weighted by Crippen LogP contribution is -2.45. The van der Waals surface area contributed by atoms with E-state index in [9.17, 15) is 9.59 Å². The Morgan fingerprint density at radius 1 is 1.40 bits per heavy atom. The first-order valence-electron chi connectivity index (χ1n) is 6.55. The molecule has 1 atom stereocenters. The minimum Gasteiger partial charge on any atom is -0.480 e. The van der Waals surface area contributed by atoms with Crippen LogP contribution >= 0.6 is 0 Å². The molecule has 2 N–H and O–H groups in total. The molecule has 1 heterocycles. The minimum atomic E-state index is -1.01. The van der Waals surface area contributed by atoms with Crippen LogP contribution < -0.4 is 10.2 Å². The molecule has 7 nitrogen and oxygen atoms in total. The fraction of sp³-hybridized carbons (Fsp3) is 0.538. The zero-order valence-electron chi connectivity index (χ0n) is 11.7. The molecule has 0 spiro atoms. The van der Waals surface area contributed by atoms with E-state index in [-0.39, 0.29) is 12.5 Å². The molecule has 20 heavy (non-hydrogen) atoms. The quantitative estimate of drug-likeness (QED) is 0.726. The highest BCUT2D eigenvalue weighted by Gasteiger charge is 2.20. The summed E-state index contributed by atoms with van der Waals surface area (Å²) in [5, 5.41) is 11.6. The maximum absolute atomic E-state index is 11.8. The molecule has 0 aliphatic heterocycles. The van der Waals surface area contributed by atoms with Crippen LogP contribution in [0.2, 0.25) is 0 Å². The number of aromatic nitrogens is 2. The fourth-order valence-electron chi connectivity index (χ4n) is 1.68. The number of carboxylic acid groups (broad SMARTS) is 1. The van der Waals surface area contributed by atoms with Crippen molar-refractivity contribution >= 4 is 17.8 Å². The monoisotopic (exact) mass is 280 g/mol. The summed E-state index contributed by atoms with van der Waals surface area (Å²) in [7, 11) is 1.68. The number of amides is 1.